The standard InChI is InChI=1S/C25H30N2O5/c1-5-26(6-2)24(29)14-27-20-13-18(11-12-23(20)32-16-25(27)30)21(28)15-31-22-10-8-7-9-19(22)17(3)4/h7-13,17H,5-6,14-16H2,1-4H3. The van der Waals surface area contributed by atoms with E-state index in [0.717, 1.165) is 5.56 Å². The summed E-state index contributed by atoms with van der Waals surface area (Å²) < 4.78 is 11.3. The van der Waals surface area contributed by atoms with Gasteiger partial charge in [0, 0.05) is 18.7 Å². The number of Topliss-reactive ketones (excluding diaryl/α,β-unsaturated/α-hetero) is 1. The van der Waals surface area contributed by atoms with Gasteiger partial charge in [-0.3, -0.25) is 19.3 Å². The molecule has 0 fully saturated rings. The van der Waals surface area contributed by atoms with Crippen molar-refractivity contribution in [3.05, 3.63) is 53.6 Å². The van der Waals surface area contributed by atoms with Gasteiger partial charge in [0.15, 0.2) is 19.0 Å². The summed E-state index contributed by atoms with van der Waals surface area (Å²) in [5, 5.41) is 0. The number of ketones is 1. The first-order chi connectivity index (χ1) is 15.3. The molecular formula is C25H30N2O5. The molecule has 1 aliphatic heterocycles. The number of benzene rings is 2. The second kappa shape index (κ2) is 10.3. The number of para-hydroxylation sites is 1. The number of amides is 2. The van der Waals surface area contributed by atoms with Gasteiger partial charge < -0.3 is 14.4 Å². The number of anilines is 1. The SMILES string of the molecule is CCN(CC)C(=O)CN1C(=O)COc2ccc(C(=O)COc3ccccc3C(C)C)cc21. The van der Waals surface area contributed by atoms with Crippen LogP contribution in [0.1, 0.15) is 49.5 Å². The highest BCUT2D eigenvalue weighted by Crippen LogP contribution is 2.33. The minimum atomic E-state index is -0.315. The van der Waals surface area contributed by atoms with E-state index in [0.29, 0.717) is 35.8 Å². The Bertz CT molecular complexity index is 998. The Morgan fingerprint density at radius 1 is 1.12 bits per heavy atom. The topological polar surface area (TPSA) is 76.2 Å². The fourth-order valence-electron chi connectivity index (χ4n) is 3.68. The zero-order chi connectivity index (χ0) is 23.3. The Labute approximate surface area is 188 Å². The molecule has 7 nitrogen and oxygen atoms in total. The van der Waals surface area contributed by atoms with Crippen LogP contribution in [0.25, 0.3) is 0 Å². The third kappa shape index (κ3) is 5.10. The Morgan fingerprint density at radius 3 is 2.53 bits per heavy atom. The molecule has 2 aromatic rings. The van der Waals surface area contributed by atoms with E-state index in [1.165, 1.54) is 4.90 Å². The van der Waals surface area contributed by atoms with Crippen molar-refractivity contribution in [3.63, 3.8) is 0 Å². The van der Waals surface area contributed by atoms with Crippen LogP contribution in [0.15, 0.2) is 42.5 Å². The summed E-state index contributed by atoms with van der Waals surface area (Å²) in [5.74, 6) is 0.731. The number of likely N-dealkylation sites (N-methyl/N-ethyl adjacent to an activating group) is 1. The Hall–Kier alpha value is -3.35. The predicted octanol–water partition coefficient (Wildman–Crippen LogP) is 3.67. The fraction of sp³-hybridized carbons (Fsp3) is 0.400. The molecule has 0 spiro atoms. The van der Waals surface area contributed by atoms with Gasteiger partial charge >= 0.3 is 0 Å². The highest BCUT2D eigenvalue weighted by atomic mass is 16.5. The molecule has 0 unspecified atom stereocenters. The number of fused-ring (bicyclic) bond motifs is 1. The van der Waals surface area contributed by atoms with Gasteiger partial charge in [-0.2, -0.15) is 0 Å². The molecule has 0 saturated heterocycles. The van der Waals surface area contributed by atoms with Gasteiger partial charge in [0.25, 0.3) is 5.91 Å². The van der Waals surface area contributed by atoms with Crippen molar-refractivity contribution in [1.29, 1.82) is 0 Å². The number of carbonyl (C=O) groups is 3. The van der Waals surface area contributed by atoms with Crippen LogP contribution >= 0.6 is 0 Å². The first-order valence-corrected chi connectivity index (χ1v) is 11.0. The minimum Gasteiger partial charge on any atom is -0.485 e. The molecule has 32 heavy (non-hydrogen) atoms. The zero-order valence-electron chi connectivity index (χ0n) is 19.1. The van der Waals surface area contributed by atoms with Crippen LogP contribution in [-0.2, 0) is 9.59 Å². The molecule has 0 atom stereocenters. The molecule has 170 valence electrons. The summed E-state index contributed by atoms with van der Waals surface area (Å²) >= 11 is 0. The summed E-state index contributed by atoms with van der Waals surface area (Å²) in [7, 11) is 0. The monoisotopic (exact) mass is 438 g/mol. The molecule has 3 rings (SSSR count). The minimum absolute atomic E-state index is 0.0905. The molecule has 0 saturated carbocycles. The lowest BCUT2D eigenvalue weighted by molar-refractivity contribution is -0.131. The number of rotatable bonds is 9. The fourth-order valence-corrected chi connectivity index (χ4v) is 3.68. The molecule has 0 aromatic heterocycles. The average molecular weight is 439 g/mol. The first kappa shape index (κ1) is 23.3. The normalized spacial score (nSPS) is 12.9. The summed E-state index contributed by atoms with van der Waals surface area (Å²) in [5.41, 5.74) is 1.85. The Balaban J connectivity index is 1.79. The molecule has 1 aliphatic rings. The van der Waals surface area contributed by atoms with Crippen LogP contribution in [0.3, 0.4) is 0 Å². The maximum atomic E-state index is 12.9. The largest absolute Gasteiger partial charge is 0.485 e. The number of hydrogen-bond donors (Lipinski definition) is 0. The molecule has 1 heterocycles. The Morgan fingerprint density at radius 2 is 1.84 bits per heavy atom. The van der Waals surface area contributed by atoms with E-state index < -0.39 is 0 Å². The first-order valence-electron chi connectivity index (χ1n) is 11.0. The summed E-state index contributed by atoms with van der Waals surface area (Å²) in [4.78, 5) is 41.0. The highest BCUT2D eigenvalue weighted by molar-refractivity contribution is 6.04. The summed E-state index contributed by atoms with van der Waals surface area (Å²) in [6.07, 6.45) is 0. The van der Waals surface area contributed by atoms with Crippen molar-refractivity contribution < 1.29 is 23.9 Å². The smallest absolute Gasteiger partial charge is 0.265 e. The van der Waals surface area contributed by atoms with Gasteiger partial charge in [-0.1, -0.05) is 32.0 Å². The van der Waals surface area contributed by atoms with E-state index in [9.17, 15) is 14.4 Å². The van der Waals surface area contributed by atoms with Crippen LogP contribution in [0.5, 0.6) is 11.5 Å². The lowest BCUT2D eigenvalue weighted by atomic mass is 10.0. The zero-order valence-corrected chi connectivity index (χ0v) is 19.1. The van der Waals surface area contributed by atoms with Crippen molar-refractivity contribution in [1.82, 2.24) is 4.90 Å². The van der Waals surface area contributed by atoms with E-state index in [1.807, 2.05) is 38.1 Å². The van der Waals surface area contributed by atoms with Gasteiger partial charge in [-0.15, -0.1) is 0 Å². The number of carbonyl (C=O) groups excluding carboxylic acids is 3. The highest BCUT2D eigenvalue weighted by Gasteiger charge is 2.29. The van der Waals surface area contributed by atoms with Crippen LogP contribution in [0, 0.1) is 0 Å². The third-order valence-electron chi connectivity index (χ3n) is 5.53. The van der Waals surface area contributed by atoms with Gasteiger partial charge in [0.1, 0.15) is 18.0 Å². The summed E-state index contributed by atoms with van der Waals surface area (Å²) in [6.45, 7) is 8.69. The van der Waals surface area contributed by atoms with Crippen LogP contribution in [-0.4, -0.2) is 55.3 Å². The second-order valence-corrected chi connectivity index (χ2v) is 7.92. The van der Waals surface area contributed by atoms with E-state index in [-0.39, 0.29) is 43.3 Å². The number of ether oxygens (including phenoxy) is 2. The van der Waals surface area contributed by atoms with Gasteiger partial charge in [-0.25, -0.2) is 0 Å². The Kier molecular flexibility index (Phi) is 7.51. The lowest BCUT2D eigenvalue weighted by Gasteiger charge is -2.31. The van der Waals surface area contributed by atoms with E-state index >= 15 is 0 Å². The average Bonchev–Trinajstić information content (AvgIpc) is 2.80. The van der Waals surface area contributed by atoms with Crippen molar-refractivity contribution in [2.24, 2.45) is 0 Å². The van der Waals surface area contributed by atoms with Crippen molar-refractivity contribution in [3.8, 4) is 11.5 Å². The third-order valence-corrected chi connectivity index (χ3v) is 5.53. The van der Waals surface area contributed by atoms with Gasteiger partial charge in [-0.05, 0) is 49.6 Å². The molecule has 0 bridgehead atoms. The molecule has 0 aliphatic carbocycles. The maximum Gasteiger partial charge on any atom is 0.265 e. The lowest BCUT2D eigenvalue weighted by Crippen LogP contribution is -2.46. The molecule has 2 aromatic carbocycles. The van der Waals surface area contributed by atoms with Crippen molar-refractivity contribution in [2.45, 2.75) is 33.6 Å². The van der Waals surface area contributed by atoms with Crippen molar-refractivity contribution in [2.75, 3.05) is 37.7 Å². The quantitative estimate of drug-likeness (QED) is 0.559. The van der Waals surface area contributed by atoms with E-state index in [1.54, 1.807) is 23.1 Å². The van der Waals surface area contributed by atoms with Gasteiger partial charge in [0.2, 0.25) is 5.91 Å². The number of nitrogens with zero attached hydrogens (tertiary/aromatic N) is 2. The summed E-state index contributed by atoms with van der Waals surface area (Å²) in [6, 6.07) is 12.6. The second-order valence-electron chi connectivity index (χ2n) is 7.92. The maximum absolute atomic E-state index is 12.9. The van der Waals surface area contributed by atoms with Crippen LogP contribution in [0.2, 0.25) is 0 Å². The molecular weight excluding hydrogens is 408 g/mol. The van der Waals surface area contributed by atoms with Crippen molar-refractivity contribution >= 4 is 23.3 Å². The predicted molar refractivity (Wildman–Crippen MR) is 123 cm³/mol. The van der Waals surface area contributed by atoms with E-state index in [2.05, 4.69) is 13.8 Å². The molecule has 0 radical (unpaired) electrons. The molecule has 2 amide bonds. The van der Waals surface area contributed by atoms with Crippen LogP contribution in [0.4, 0.5) is 5.69 Å². The molecule has 7 heteroatoms. The molecule has 0 N–H and O–H groups in total. The van der Waals surface area contributed by atoms with Gasteiger partial charge in [0.05, 0.1) is 5.69 Å². The van der Waals surface area contributed by atoms with Crippen LogP contribution < -0.4 is 14.4 Å². The number of hydrogen-bond acceptors (Lipinski definition) is 5. The van der Waals surface area contributed by atoms with E-state index in [4.69, 9.17) is 9.47 Å².